The predicted molar refractivity (Wildman–Crippen MR) is 85.6 cm³/mol. The van der Waals surface area contributed by atoms with Crippen LogP contribution in [0.5, 0.6) is 5.75 Å². The lowest BCUT2D eigenvalue weighted by Crippen LogP contribution is -2.12. The van der Waals surface area contributed by atoms with Crippen LogP contribution in [0.15, 0.2) is 36.4 Å². The summed E-state index contributed by atoms with van der Waals surface area (Å²) in [5.41, 5.74) is 3.78. The molecule has 0 amide bonds. The van der Waals surface area contributed by atoms with E-state index < -0.39 is 0 Å². The normalized spacial score (nSPS) is 12.0. The molecule has 0 bridgehead atoms. The highest BCUT2D eigenvalue weighted by Gasteiger charge is 2.12. The number of nitrogens with one attached hydrogen (secondary N) is 1. The summed E-state index contributed by atoms with van der Waals surface area (Å²) in [5, 5.41) is 13.2. The van der Waals surface area contributed by atoms with Gasteiger partial charge in [0.1, 0.15) is 11.6 Å². The minimum atomic E-state index is -0.352. The van der Waals surface area contributed by atoms with Crippen molar-refractivity contribution in [2.24, 2.45) is 0 Å². The first-order valence-corrected chi connectivity index (χ1v) is 6.91. The maximum atomic E-state index is 13.3. The molecule has 21 heavy (non-hydrogen) atoms. The molecular weight excluding hydrogens is 267 g/mol. The minimum absolute atomic E-state index is 0.0938. The molecule has 0 aliphatic carbocycles. The molecule has 2 rings (SSSR count). The number of halogens is 1. The maximum absolute atomic E-state index is 13.3. The number of nitrogens with zero attached hydrogens (tertiary/aromatic N) is 1. The van der Waals surface area contributed by atoms with Gasteiger partial charge in [-0.05, 0) is 49.7 Å². The number of benzene rings is 2. The smallest absolute Gasteiger partial charge is 0.123 e. The van der Waals surface area contributed by atoms with Crippen molar-refractivity contribution in [3.8, 4) is 5.75 Å². The first-order chi connectivity index (χ1) is 9.88. The van der Waals surface area contributed by atoms with Gasteiger partial charge in [0, 0.05) is 31.0 Å². The second-order valence-corrected chi connectivity index (χ2v) is 5.46. The summed E-state index contributed by atoms with van der Waals surface area (Å²) in [6.07, 6.45) is 0. The van der Waals surface area contributed by atoms with Gasteiger partial charge in [-0.15, -0.1) is 0 Å². The highest BCUT2D eigenvalue weighted by molar-refractivity contribution is 5.62. The number of rotatable bonds is 4. The molecule has 3 nitrogen and oxygen atoms in total. The summed E-state index contributed by atoms with van der Waals surface area (Å²) >= 11 is 0. The van der Waals surface area contributed by atoms with Crippen LogP contribution in [0.25, 0.3) is 0 Å². The summed E-state index contributed by atoms with van der Waals surface area (Å²) < 4.78 is 13.3. The average Bonchev–Trinajstić information content (AvgIpc) is 2.43. The first kappa shape index (κ1) is 15.2. The Morgan fingerprint density at radius 1 is 1.14 bits per heavy atom. The highest BCUT2D eigenvalue weighted by atomic mass is 19.1. The third-order valence-corrected chi connectivity index (χ3v) is 3.53. The zero-order valence-electron chi connectivity index (χ0n) is 12.8. The molecule has 1 unspecified atom stereocenters. The van der Waals surface area contributed by atoms with Gasteiger partial charge in [0.05, 0.1) is 6.04 Å². The van der Waals surface area contributed by atoms with E-state index >= 15 is 0 Å². The Bertz CT molecular complexity index is 641. The van der Waals surface area contributed by atoms with Crippen molar-refractivity contribution in [1.29, 1.82) is 0 Å². The minimum Gasteiger partial charge on any atom is -0.508 e. The van der Waals surface area contributed by atoms with E-state index in [0.717, 1.165) is 11.4 Å². The van der Waals surface area contributed by atoms with Gasteiger partial charge in [0.2, 0.25) is 0 Å². The number of hydrogen-bond donors (Lipinski definition) is 2. The van der Waals surface area contributed by atoms with Crippen molar-refractivity contribution in [3.05, 3.63) is 53.3 Å². The Hall–Kier alpha value is -2.23. The Morgan fingerprint density at radius 2 is 1.86 bits per heavy atom. The van der Waals surface area contributed by atoms with Crippen molar-refractivity contribution >= 4 is 11.4 Å². The monoisotopic (exact) mass is 288 g/mol. The third kappa shape index (κ3) is 3.45. The van der Waals surface area contributed by atoms with Crippen LogP contribution in [0, 0.1) is 12.7 Å². The Labute approximate surface area is 125 Å². The van der Waals surface area contributed by atoms with Gasteiger partial charge in [-0.1, -0.05) is 6.07 Å². The molecular formula is C17H21FN2O. The van der Waals surface area contributed by atoms with E-state index in [0.29, 0.717) is 5.56 Å². The van der Waals surface area contributed by atoms with E-state index in [1.54, 1.807) is 0 Å². The van der Waals surface area contributed by atoms with Crippen LogP contribution in [0.2, 0.25) is 0 Å². The van der Waals surface area contributed by atoms with Gasteiger partial charge in [-0.2, -0.15) is 0 Å². The Kier molecular flexibility index (Phi) is 4.36. The van der Waals surface area contributed by atoms with Gasteiger partial charge in [-0.25, -0.2) is 4.39 Å². The Balaban J connectivity index is 2.25. The number of aromatic hydroxyl groups is 1. The van der Waals surface area contributed by atoms with Gasteiger partial charge < -0.3 is 15.3 Å². The molecule has 0 saturated heterocycles. The summed E-state index contributed by atoms with van der Waals surface area (Å²) in [7, 11) is 3.99. The van der Waals surface area contributed by atoms with Crippen molar-refractivity contribution in [2.45, 2.75) is 19.9 Å². The number of anilines is 2. The standard InChI is InChI=1S/C17H21FN2O/c1-11-5-7-14(10-16(11)20(3)4)19-12(2)15-9-13(18)6-8-17(15)21/h5-10,12,19,21H,1-4H3. The molecule has 0 radical (unpaired) electrons. The van der Waals surface area contributed by atoms with Gasteiger partial charge in [0.25, 0.3) is 0 Å². The second-order valence-electron chi connectivity index (χ2n) is 5.46. The molecule has 2 aromatic rings. The topological polar surface area (TPSA) is 35.5 Å². The summed E-state index contributed by atoms with van der Waals surface area (Å²) in [4.78, 5) is 2.05. The molecule has 0 spiro atoms. The summed E-state index contributed by atoms with van der Waals surface area (Å²) in [6, 6.07) is 9.85. The SMILES string of the molecule is Cc1ccc(NC(C)c2cc(F)ccc2O)cc1N(C)C. The molecule has 0 saturated carbocycles. The molecule has 112 valence electrons. The molecule has 0 aliphatic heterocycles. The number of aryl methyl sites for hydroxylation is 1. The van der Waals surface area contributed by atoms with E-state index in [1.807, 2.05) is 44.1 Å². The van der Waals surface area contributed by atoms with Crippen LogP contribution >= 0.6 is 0 Å². The lowest BCUT2D eigenvalue weighted by Gasteiger charge is -2.20. The lowest BCUT2D eigenvalue weighted by molar-refractivity contribution is 0.462. The number of hydrogen-bond acceptors (Lipinski definition) is 3. The fraction of sp³-hybridized carbons (Fsp3) is 0.294. The van der Waals surface area contributed by atoms with Crippen molar-refractivity contribution in [2.75, 3.05) is 24.3 Å². The predicted octanol–water partition coefficient (Wildman–Crippen LogP) is 4.08. The van der Waals surface area contributed by atoms with Gasteiger partial charge >= 0.3 is 0 Å². The van der Waals surface area contributed by atoms with Gasteiger partial charge in [0.15, 0.2) is 0 Å². The van der Waals surface area contributed by atoms with E-state index in [-0.39, 0.29) is 17.6 Å². The quantitative estimate of drug-likeness (QED) is 0.890. The zero-order valence-corrected chi connectivity index (χ0v) is 12.8. The van der Waals surface area contributed by atoms with Crippen LogP contribution < -0.4 is 10.2 Å². The van der Waals surface area contributed by atoms with E-state index in [1.165, 1.54) is 23.8 Å². The number of phenolic OH excluding ortho intramolecular Hbond substituents is 1. The van der Waals surface area contributed by atoms with E-state index in [2.05, 4.69) is 12.2 Å². The number of phenols is 1. The molecule has 2 N–H and O–H groups in total. The summed E-state index contributed by atoms with van der Waals surface area (Å²) in [5.74, 6) is -0.259. The van der Waals surface area contributed by atoms with Gasteiger partial charge in [-0.3, -0.25) is 0 Å². The van der Waals surface area contributed by atoms with Crippen LogP contribution in [-0.2, 0) is 0 Å². The Morgan fingerprint density at radius 3 is 2.52 bits per heavy atom. The van der Waals surface area contributed by atoms with E-state index in [9.17, 15) is 9.50 Å². The van der Waals surface area contributed by atoms with Crippen molar-refractivity contribution in [3.63, 3.8) is 0 Å². The summed E-state index contributed by atoms with van der Waals surface area (Å²) in [6.45, 7) is 3.95. The average molecular weight is 288 g/mol. The fourth-order valence-electron chi connectivity index (χ4n) is 2.38. The van der Waals surface area contributed by atoms with Crippen LogP contribution in [-0.4, -0.2) is 19.2 Å². The highest BCUT2D eigenvalue weighted by Crippen LogP contribution is 2.29. The largest absolute Gasteiger partial charge is 0.508 e. The molecule has 0 heterocycles. The molecule has 0 aromatic heterocycles. The van der Waals surface area contributed by atoms with E-state index in [4.69, 9.17) is 0 Å². The van der Waals surface area contributed by atoms with Crippen LogP contribution in [0.1, 0.15) is 24.1 Å². The zero-order chi connectivity index (χ0) is 15.6. The maximum Gasteiger partial charge on any atom is 0.123 e. The van der Waals surface area contributed by atoms with Crippen molar-refractivity contribution < 1.29 is 9.50 Å². The molecule has 4 heteroatoms. The molecule has 2 aromatic carbocycles. The fourth-order valence-corrected chi connectivity index (χ4v) is 2.38. The lowest BCUT2D eigenvalue weighted by atomic mass is 10.1. The van der Waals surface area contributed by atoms with Crippen LogP contribution in [0.4, 0.5) is 15.8 Å². The first-order valence-electron chi connectivity index (χ1n) is 6.91. The molecule has 0 fully saturated rings. The molecule has 0 aliphatic rings. The van der Waals surface area contributed by atoms with Crippen LogP contribution in [0.3, 0.4) is 0 Å². The van der Waals surface area contributed by atoms with Crippen molar-refractivity contribution in [1.82, 2.24) is 0 Å². The second kappa shape index (κ2) is 6.04. The molecule has 1 atom stereocenters. The third-order valence-electron chi connectivity index (χ3n) is 3.53.